The third-order valence-electron chi connectivity index (χ3n) is 7.52. The second kappa shape index (κ2) is 20.1. The molecule has 2 aromatic carbocycles. The summed E-state index contributed by atoms with van der Waals surface area (Å²) in [6, 6.07) is 10.5. The van der Waals surface area contributed by atoms with Crippen LogP contribution in [0.1, 0.15) is 54.0 Å². The number of aromatic nitrogens is 1. The first kappa shape index (κ1) is 37.2. The summed E-state index contributed by atoms with van der Waals surface area (Å²) in [6.45, 7) is 10.2. The fourth-order valence-electron chi connectivity index (χ4n) is 4.99. The number of fused-ring (bicyclic) bond motifs is 1. The first-order chi connectivity index (χ1) is 22.9. The van der Waals surface area contributed by atoms with E-state index in [1.54, 1.807) is 6.20 Å². The zero-order valence-corrected chi connectivity index (χ0v) is 28.6. The molecule has 10 heteroatoms. The number of anilines is 2. The van der Waals surface area contributed by atoms with E-state index in [1.165, 1.54) is 0 Å². The second-order valence-corrected chi connectivity index (χ2v) is 11.5. The highest BCUT2D eigenvalue weighted by Gasteiger charge is 2.15. The van der Waals surface area contributed by atoms with Gasteiger partial charge in [-0.25, -0.2) is 0 Å². The molecular formula is C37H45ClN6O3. The standard InChI is InChI=1S/C36H43ClN6O2.CH2O/c1-5-44-24-29-18-34-32(19-33(29)40-16-10-11-17-43(3)4)36(30(20-38)22-41-34)42-21-27-13-14-28(35(37)26(27)2)23-45-25-31-12-8-6-7-9-15-39-31;1-2/h6-8,13-15,18-19,22,40H,5,9-11,16-17,21,23-25H2,1-4H3,(H,41,42);1H2/b7-6-,39-15?;. The monoisotopic (exact) mass is 656 g/mol. The molecule has 0 saturated carbocycles. The number of pyridine rings is 1. The molecule has 47 heavy (non-hydrogen) atoms. The number of benzene rings is 2. The molecule has 1 aromatic heterocycles. The summed E-state index contributed by atoms with van der Waals surface area (Å²) in [7, 11) is 4.18. The van der Waals surface area contributed by atoms with E-state index in [2.05, 4.69) is 69.6 Å². The molecule has 2 N–H and O–H groups in total. The number of nitrogens with zero attached hydrogens (tertiary/aromatic N) is 4. The first-order valence-corrected chi connectivity index (χ1v) is 16.1. The van der Waals surface area contributed by atoms with Crippen LogP contribution in [0.25, 0.3) is 10.9 Å². The largest absolute Gasteiger partial charge is 0.385 e. The van der Waals surface area contributed by atoms with Gasteiger partial charge in [0.05, 0.1) is 36.6 Å². The number of carbonyl (C=O) groups excluding carboxylic acids is 1. The Morgan fingerprint density at radius 2 is 1.87 bits per heavy atom. The molecule has 0 spiro atoms. The maximum absolute atomic E-state index is 9.98. The van der Waals surface area contributed by atoms with Gasteiger partial charge in [0.25, 0.3) is 0 Å². The highest BCUT2D eigenvalue weighted by atomic mass is 35.5. The van der Waals surface area contributed by atoms with Gasteiger partial charge in [0.15, 0.2) is 0 Å². The summed E-state index contributed by atoms with van der Waals surface area (Å²) in [5, 5.41) is 18.7. The van der Waals surface area contributed by atoms with Crippen LogP contribution in [-0.2, 0) is 34.0 Å². The van der Waals surface area contributed by atoms with Crippen LogP contribution in [0, 0.1) is 18.3 Å². The van der Waals surface area contributed by atoms with Gasteiger partial charge in [0.2, 0.25) is 0 Å². The lowest BCUT2D eigenvalue weighted by atomic mass is 10.0. The van der Waals surface area contributed by atoms with Crippen molar-refractivity contribution in [1.29, 1.82) is 5.26 Å². The number of hydrogen-bond acceptors (Lipinski definition) is 9. The average molecular weight is 657 g/mol. The van der Waals surface area contributed by atoms with Gasteiger partial charge in [-0.2, -0.15) is 5.26 Å². The average Bonchev–Trinajstić information content (AvgIpc) is 3.06. The maximum Gasteiger partial charge on any atom is 0.107 e. The predicted molar refractivity (Wildman–Crippen MR) is 192 cm³/mol. The van der Waals surface area contributed by atoms with Crippen molar-refractivity contribution in [3.05, 3.63) is 93.0 Å². The smallest absolute Gasteiger partial charge is 0.107 e. The highest BCUT2D eigenvalue weighted by molar-refractivity contribution is 6.32. The van der Waals surface area contributed by atoms with Gasteiger partial charge >= 0.3 is 0 Å². The van der Waals surface area contributed by atoms with Gasteiger partial charge in [0.1, 0.15) is 18.6 Å². The van der Waals surface area contributed by atoms with Crippen LogP contribution in [-0.4, -0.2) is 63.3 Å². The topological polar surface area (TPSA) is 112 Å². The van der Waals surface area contributed by atoms with Crippen LogP contribution in [0.4, 0.5) is 11.4 Å². The Hall–Kier alpha value is -4.29. The van der Waals surface area contributed by atoms with Gasteiger partial charge in [-0.15, -0.1) is 0 Å². The third kappa shape index (κ3) is 11.2. The molecule has 0 bridgehead atoms. The molecule has 0 aliphatic carbocycles. The van der Waals surface area contributed by atoms with E-state index in [1.807, 2.05) is 51.1 Å². The van der Waals surface area contributed by atoms with Crippen molar-refractivity contribution in [2.45, 2.75) is 52.9 Å². The fraction of sp³-hybridized carbons (Fsp3) is 0.378. The lowest BCUT2D eigenvalue weighted by Gasteiger charge is -2.18. The van der Waals surface area contributed by atoms with E-state index in [4.69, 9.17) is 25.9 Å². The number of unbranched alkanes of at least 4 members (excludes halogenated alkanes) is 1. The Labute approximate surface area is 283 Å². The summed E-state index contributed by atoms with van der Waals surface area (Å²) in [4.78, 5) is 19.2. The number of allylic oxidation sites excluding steroid dienone is 2. The zero-order valence-electron chi connectivity index (χ0n) is 27.9. The highest BCUT2D eigenvalue weighted by Crippen LogP contribution is 2.33. The molecule has 3 aromatic rings. The van der Waals surface area contributed by atoms with Crippen LogP contribution in [0.3, 0.4) is 0 Å². The van der Waals surface area contributed by atoms with Crippen molar-refractivity contribution < 1.29 is 14.3 Å². The molecule has 2 heterocycles. The van der Waals surface area contributed by atoms with Gasteiger partial charge < -0.3 is 29.8 Å². The summed E-state index contributed by atoms with van der Waals surface area (Å²) < 4.78 is 11.7. The Morgan fingerprint density at radius 1 is 1.09 bits per heavy atom. The minimum atomic E-state index is 0.352. The minimum Gasteiger partial charge on any atom is -0.385 e. The van der Waals surface area contributed by atoms with E-state index in [9.17, 15) is 5.26 Å². The molecule has 4 rings (SSSR count). The SMILES string of the molecule is C=O.CCOCc1cc2ncc(C#N)c(NCc3ccc(COCC4=C=C/C=C\CC=N4)c(Cl)c3C)c2cc1NCCCCN(C)C. The number of hydrogen-bond donors (Lipinski definition) is 2. The zero-order chi connectivity index (χ0) is 34.0. The molecule has 1 aliphatic heterocycles. The van der Waals surface area contributed by atoms with Crippen molar-refractivity contribution in [2.75, 3.05) is 51.0 Å². The van der Waals surface area contributed by atoms with Crippen LogP contribution in [0.5, 0.6) is 0 Å². The quantitative estimate of drug-likeness (QED) is 0.121. The summed E-state index contributed by atoms with van der Waals surface area (Å²) in [6.07, 6.45) is 12.3. The van der Waals surface area contributed by atoms with Crippen molar-refractivity contribution in [3.8, 4) is 6.07 Å². The molecule has 0 atom stereocenters. The normalized spacial score (nSPS) is 12.9. The summed E-state index contributed by atoms with van der Waals surface area (Å²) in [5.41, 5.74) is 10.9. The number of ether oxygens (including phenoxy) is 2. The Bertz CT molecular complexity index is 1650. The number of aliphatic imine (C=N–C) groups is 1. The van der Waals surface area contributed by atoms with E-state index >= 15 is 0 Å². The summed E-state index contributed by atoms with van der Waals surface area (Å²) in [5.74, 6) is 0. The van der Waals surface area contributed by atoms with Crippen LogP contribution in [0.2, 0.25) is 5.02 Å². The van der Waals surface area contributed by atoms with E-state index in [0.29, 0.717) is 43.6 Å². The molecule has 0 unspecified atom stereocenters. The van der Waals surface area contributed by atoms with Crippen molar-refractivity contribution in [2.24, 2.45) is 4.99 Å². The minimum absolute atomic E-state index is 0.352. The second-order valence-electron chi connectivity index (χ2n) is 11.2. The summed E-state index contributed by atoms with van der Waals surface area (Å²) >= 11 is 6.81. The van der Waals surface area contributed by atoms with Crippen molar-refractivity contribution in [3.63, 3.8) is 0 Å². The molecular weight excluding hydrogens is 612 g/mol. The predicted octanol–water partition coefficient (Wildman–Crippen LogP) is 7.37. The van der Waals surface area contributed by atoms with Gasteiger partial charge in [0, 0.05) is 60.2 Å². The Balaban J connectivity index is 0.00000294. The lowest BCUT2D eigenvalue weighted by Crippen LogP contribution is -2.14. The van der Waals surface area contributed by atoms with Gasteiger partial charge in [-0.05, 0) is 82.2 Å². The molecule has 0 amide bonds. The van der Waals surface area contributed by atoms with Gasteiger partial charge in [-0.3, -0.25) is 9.98 Å². The number of nitrogens with one attached hydrogen (secondary N) is 2. The molecule has 0 fully saturated rings. The third-order valence-corrected chi connectivity index (χ3v) is 8.05. The number of rotatable bonds is 16. The lowest BCUT2D eigenvalue weighted by molar-refractivity contribution is -0.0980. The van der Waals surface area contributed by atoms with E-state index in [-0.39, 0.29) is 0 Å². The fourth-order valence-corrected chi connectivity index (χ4v) is 5.22. The van der Waals surface area contributed by atoms with Crippen LogP contribution >= 0.6 is 11.6 Å². The maximum atomic E-state index is 9.98. The molecule has 0 saturated heterocycles. The van der Waals surface area contributed by atoms with E-state index < -0.39 is 0 Å². The Kier molecular flexibility index (Phi) is 15.9. The molecule has 1 aliphatic rings. The number of carbonyl (C=O) groups is 1. The van der Waals surface area contributed by atoms with E-state index in [0.717, 1.165) is 82.6 Å². The van der Waals surface area contributed by atoms with Crippen LogP contribution in [0.15, 0.2) is 65.1 Å². The van der Waals surface area contributed by atoms with Crippen molar-refractivity contribution >= 4 is 46.9 Å². The molecule has 9 nitrogen and oxygen atoms in total. The molecule has 248 valence electrons. The first-order valence-electron chi connectivity index (χ1n) is 15.7. The number of halogens is 1. The Morgan fingerprint density at radius 3 is 2.64 bits per heavy atom. The molecule has 0 radical (unpaired) electrons. The van der Waals surface area contributed by atoms with Gasteiger partial charge in [-0.1, -0.05) is 41.6 Å². The van der Waals surface area contributed by atoms with Crippen LogP contribution < -0.4 is 10.6 Å². The van der Waals surface area contributed by atoms with Crippen molar-refractivity contribution in [1.82, 2.24) is 9.88 Å². The number of nitriles is 1.